The molecule has 3 heterocycles. The Hall–Kier alpha value is -3.18. The lowest BCUT2D eigenvalue weighted by molar-refractivity contribution is -0.131. The Morgan fingerprint density at radius 3 is 2.51 bits per heavy atom. The lowest BCUT2D eigenvalue weighted by atomic mass is 10.2. The van der Waals surface area contributed by atoms with E-state index >= 15 is 0 Å². The van der Waals surface area contributed by atoms with Gasteiger partial charge in [-0.1, -0.05) is 11.3 Å². The number of nitrogens with zero attached hydrogens (tertiary/aromatic N) is 6. The molecule has 0 radical (unpaired) electrons. The van der Waals surface area contributed by atoms with Gasteiger partial charge >= 0.3 is 0 Å². The van der Waals surface area contributed by atoms with Crippen molar-refractivity contribution in [2.24, 2.45) is 0 Å². The number of aromatic nitrogens is 3. The van der Waals surface area contributed by atoms with Crippen molar-refractivity contribution in [3.63, 3.8) is 0 Å². The number of piperazine rings is 1. The SMILES string of the molecule is COc1cccc(N2CCN(C(=O)CCn3nnc4cc(S(=O)(=O)N5CCCC5)ccc43)CC2)c1. The molecule has 0 bridgehead atoms. The average Bonchev–Trinajstić information content (AvgIpc) is 3.58. The van der Waals surface area contributed by atoms with Crippen molar-refractivity contribution >= 4 is 32.7 Å². The van der Waals surface area contributed by atoms with Crippen LogP contribution in [-0.2, 0) is 21.4 Å². The third-order valence-electron chi connectivity index (χ3n) is 6.78. The zero-order chi connectivity index (χ0) is 24.4. The maximum atomic E-state index is 12.8. The van der Waals surface area contributed by atoms with Crippen LogP contribution in [0.2, 0.25) is 0 Å². The van der Waals surface area contributed by atoms with Gasteiger partial charge in [-0.15, -0.1) is 5.10 Å². The number of ether oxygens (including phenoxy) is 1. The first-order valence-electron chi connectivity index (χ1n) is 12.0. The number of hydrogen-bond donors (Lipinski definition) is 0. The minimum Gasteiger partial charge on any atom is -0.497 e. The molecule has 5 rings (SSSR count). The first-order valence-corrected chi connectivity index (χ1v) is 13.4. The van der Waals surface area contributed by atoms with Crippen LogP contribution in [0.5, 0.6) is 5.75 Å². The summed E-state index contributed by atoms with van der Waals surface area (Å²) in [5, 5.41) is 8.32. The Morgan fingerprint density at radius 1 is 1.00 bits per heavy atom. The zero-order valence-electron chi connectivity index (χ0n) is 19.8. The molecule has 3 aromatic rings. The summed E-state index contributed by atoms with van der Waals surface area (Å²) in [5.74, 6) is 0.897. The maximum absolute atomic E-state index is 12.8. The van der Waals surface area contributed by atoms with Gasteiger partial charge in [0.2, 0.25) is 15.9 Å². The molecule has 2 aliphatic heterocycles. The lowest BCUT2D eigenvalue weighted by Crippen LogP contribution is -2.49. The highest BCUT2D eigenvalue weighted by Gasteiger charge is 2.28. The molecule has 0 N–H and O–H groups in total. The molecule has 11 heteroatoms. The van der Waals surface area contributed by atoms with Crippen molar-refractivity contribution < 1.29 is 17.9 Å². The quantitative estimate of drug-likeness (QED) is 0.491. The molecule has 2 saturated heterocycles. The Labute approximate surface area is 205 Å². The van der Waals surface area contributed by atoms with E-state index in [-0.39, 0.29) is 10.8 Å². The number of sulfonamides is 1. The number of benzene rings is 2. The Morgan fingerprint density at radius 2 is 1.77 bits per heavy atom. The maximum Gasteiger partial charge on any atom is 0.243 e. The second-order valence-electron chi connectivity index (χ2n) is 8.89. The first kappa shape index (κ1) is 23.6. The Bertz CT molecular complexity index is 1310. The van der Waals surface area contributed by atoms with Gasteiger partial charge in [-0.05, 0) is 43.2 Å². The molecule has 10 nitrogen and oxygen atoms in total. The number of anilines is 1. The summed E-state index contributed by atoms with van der Waals surface area (Å²) in [6, 6.07) is 12.9. The van der Waals surface area contributed by atoms with Gasteiger partial charge < -0.3 is 14.5 Å². The molecule has 1 aromatic heterocycles. The van der Waals surface area contributed by atoms with E-state index in [4.69, 9.17) is 4.74 Å². The van der Waals surface area contributed by atoms with Crippen molar-refractivity contribution in [3.8, 4) is 5.75 Å². The van der Waals surface area contributed by atoms with Gasteiger partial charge in [-0.25, -0.2) is 13.1 Å². The van der Waals surface area contributed by atoms with E-state index in [0.717, 1.165) is 42.9 Å². The van der Waals surface area contributed by atoms with Crippen LogP contribution in [0.15, 0.2) is 47.4 Å². The monoisotopic (exact) mass is 498 g/mol. The summed E-state index contributed by atoms with van der Waals surface area (Å²) in [6.07, 6.45) is 2.09. The highest BCUT2D eigenvalue weighted by Crippen LogP contribution is 2.24. The molecular formula is C24H30N6O4S. The third kappa shape index (κ3) is 4.83. The molecule has 0 spiro atoms. The van der Waals surface area contributed by atoms with Crippen LogP contribution in [0.4, 0.5) is 5.69 Å². The van der Waals surface area contributed by atoms with Crippen LogP contribution < -0.4 is 9.64 Å². The number of aryl methyl sites for hydroxylation is 1. The van der Waals surface area contributed by atoms with Crippen LogP contribution in [0.1, 0.15) is 19.3 Å². The van der Waals surface area contributed by atoms with Crippen LogP contribution in [0.25, 0.3) is 11.0 Å². The van der Waals surface area contributed by atoms with Gasteiger partial charge in [-0.3, -0.25) is 4.79 Å². The predicted molar refractivity (Wildman–Crippen MR) is 132 cm³/mol. The van der Waals surface area contributed by atoms with Crippen molar-refractivity contribution in [2.45, 2.75) is 30.7 Å². The number of carbonyl (C=O) groups is 1. The van der Waals surface area contributed by atoms with E-state index in [1.165, 1.54) is 4.31 Å². The molecule has 1 amide bonds. The summed E-state index contributed by atoms with van der Waals surface area (Å²) >= 11 is 0. The van der Waals surface area contributed by atoms with E-state index in [1.807, 2.05) is 23.1 Å². The standard InChI is InChI=1S/C24H30N6O4S/c1-34-20-6-4-5-19(17-20)27-13-15-28(16-14-27)24(31)9-12-30-23-8-7-21(18-22(23)25-26-30)35(32,33)29-10-2-3-11-29/h4-8,17-18H,2-3,9-16H2,1H3. The van der Waals surface area contributed by atoms with Gasteiger partial charge in [0.25, 0.3) is 0 Å². The molecule has 0 unspecified atom stereocenters. The normalized spacial score (nSPS) is 17.3. The number of carbonyl (C=O) groups excluding carboxylic acids is 1. The second kappa shape index (κ2) is 9.82. The topological polar surface area (TPSA) is 101 Å². The molecule has 2 fully saturated rings. The Kier molecular flexibility index (Phi) is 6.61. The number of fused-ring (bicyclic) bond motifs is 1. The van der Waals surface area contributed by atoms with Crippen molar-refractivity contribution in [1.82, 2.24) is 24.2 Å². The lowest BCUT2D eigenvalue weighted by Gasteiger charge is -2.36. The largest absolute Gasteiger partial charge is 0.497 e. The zero-order valence-corrected chi connectivity index (χ0v) is 20.7. The second-order valence-corrected chi connectivity index (χ2v) is 10.8. The highest BCUT2D eigenvalue weighted by atomic mass is 32.2. The molecule has 0 atom stereocenters. The van der Waals surface area contributed by atoms with Crippen LogP contribution in [0.3, 0.4) is 0 Å². The van der Waals surface area contributed by atoms with E-state index in [9.17, 15) is 13.2 Å². The van der Waals surface area contributed by atoms with E-state index in [0.29, 0.717) is 44.7 Å². The van der Waals surface area contributed by atoms with Crippen LogP contribution >= 0.6 is 0 Å². The fourth-order valence-corrected chi connectivity index (χ4v) is 6.27. The highest BCUT2D eigenvalue weighted by molar-refractivity contribution is 7.89. The third-order valence-corrected chi connectivity index (χ3v) is 8.67. The number of methoxy groups -OCH3 is 1. The van der Waals surface area contributed by atoms with Crippen molar-refractivity contribution in [1.29, 1.82) is 0 Å². The number of amides is 1. The predicted octanol–water partition coefficient (Wildman–Crippen LogP) is 1.96. The minimum atomic E-state index is -3.51. The number of rotatable bonds is 7. The Balaban J connectivity index is 1.18. The smallest absolute Gasteiger partial charge is 0.243 e. The first-order chi connectivity index (χ1) is 17.0. The molecular weight excluding hydrogens is 468 g/mol. The van der Waals surface area contributed by atoms with Crippen LogP contribution in [0, 0.1) is 0 Å². The summed E-state index contributed by atoms with van der Waals surface area (Å²) in [7, 11) is -1.85. The molecule has 186 valence electrons. The van der Waals surface area contributed by atoms with Gasteiger partial charge in [0.05, 0.1) is 24.1 Å². The van der Waals surface area contributed by atoms with E-state index < -0.39 is 10.0 Å². The average molecular weight is 499 g/mol. The van der Waals surface area contributed by atoms with Crippen LogP contribution in [-0.4, -0.2) is 84.9 Å². The van der Waals surface area contributed by atoms with Gasteiger partial charge in [0.1, 0.15) is 11.3 Å². The van der Waals surface area contributed by atoms with E-state index in [2.05, 4.69) is 21.3 Å². The molecule has 35 heavy (non-hydrogen) atoms. The fourth-order valence-electron chi connectivity index (χ4n) is 4.74. The van der Waals surface area contributed by atoms with Crippen molar-refractivity contribution in [3.05, 3.63) is 42.5 Å². The summed E-state index contributed by atoms with van der Waals surface area (Å²) in [5.41, 5.74) is 2.34. The van der Waals surface area contributed by atoms with Crippen molar-refractivity contribution in [2.75, 3.05) is 51.3 Å². The van der Waals surface area contributed by atoms with Gasteiger partial charge in [0, 0.05) is 57.4 Å². The molecule has 0 saturated carbocycles. The molecule has 0 aliphatic carbocycles. The van der Waals surface area contributed by atoms with E-state index in [1.54, 1.807) is 30.0 Å². The summed E-state index contributed by atoms with van der Waals surface area (Å²) in [4.78, 5) is 17.2. The fraction of sp³-hybridized carbons (Fsp3) is 0.458. The minimum absolute atomic E-state index is 0.0761. The summed E-state index contributed by atoms with van der Waals surface area (Å²) < 4.78 is 34.2. The van der Waals surface area contributed by atoms with Gasteiger partial charge in [-0.2, -0.15) is 4.31 Å². The number of hydrogen-bond acceptors (Lipinski definition) is 7. The molecule has 2 aromatic carbocycles. The summed E-state index contributed by atoms with van der Waals surface area (Å²) in [6.45, 7) is 4.35. The molecule has 2 aliphatic rings. The van der Waals surface area contributed by atoms with Gasteiger partial charge in [0.15, 0.2) is 0 Å².